The molecule has 22 heavy (non-hydrogen) atoms. The first-order valence-electron chi connectivity index (χ1n) is 8.55. The van der Waals surface area contributed by atoms with E-state index in [1.165, 1.54) is 18.4 Å². The van der Waals surface area contributed by atoms with Crippen molar-refractivity contribution in [3.63, 3.8) is 0 Å². The van der Waals surface area contributed by atoms with Crippen molar-refractivity contribution in [3.05, 3.63) is 29.8 Å². The third kappa shape index (κ3) is 4.39. The number of nitrogens with zero attached hydrogens (tertiary/aromatic N) is 1. The fraction of sp³-hybridized carbons (Fsp3) is 0.611. The van der Waals surface area contributed by atoms with Crippen molar-refractivity contribution in [1.82, 2.24) is 10.6 Å². The lowest BCUT2D eigenvalue weighted by Crippen LogP contribution is -2.41. The first-order chi connectivity index (χ1) is 10.8. The highest BCUT2D eigenvalue weighted by Gasteiger charge is 2.21. The molecule has 0 saturated heterocycles. The normalized spacial score (nSPS) is 17.8. The standard InChI is InChI=1S/C18H29N3O/c1-4-14(5-2)13-20-18(19-6-3)21-16-11-12-22-17-10-8-7-9-15(16)17/h7-10,14,16H,4-6,11-13H2,1-3H3,(H2,19,20,21). The average molecular weight is 303 g/mol. The fourth-order valence-corrected chi connectivity index (χ4v) is 2.74. The number of para-hydroxylation sites is 1. The Morgan fingerprint density at radius 2 is 2.05 bits per heavy atom. The molecule has 0 spiro atoms. The summed E-state index contributed by atoms with van der Waals surface area (Å²) in [5.41, 5.74) is 1.22. The zero-order valence-electron chi connectivity index (χ0n) is 14.1. The van der Waals surface area contributed by atoms with Crippen molar-refractivity contribution in [2.24, 2.45) is 10.9 Å². The van der Waals surface area contributed by atoms with Gasteiger partial charge >= 0.3 is 0 Å². The van der Waals surface area contributed by atoms with Gasteiger partial charge < -0.3 is 15.4 Å². The van der Waals surface area contributed by atoms with Crippen molar-refractivity contribution < 1.29 is 4.74 Å². The van der Waals surface area contributed by atoms with Gasteiger partial charge in [-0.25, -0.2) is 0 Å². The molecule has 1 heterocycles. The summed E-state index contributed by atoms with van der Waals surface area (Å²) in [6, 6.07) is 8.53. The molecule has 2 N–H and O–H groups in total. The van der Waals surface area contributed by atoms with E-state index >= 15 is 0 Å². The molecule has 4 heteroatoms. The van der Waals surface area contributed by atoms with Crippen molar-refractivity contribution in [1.29, 1.82) is 0 Å². The number of fused-ring (bicyclic) bond motifs is 1. The van der Waals surface area contributed by atoms with Crippen molar-refractivity contribution in [2.75, 3.05) is 19.7 Å². The highest BCUT2D eigenvalue weighted by molar-refractivity contribution is 5.80. The zero-order valence-corrected chi connectivity index (χ0v) is 14.1. The fourth-order valence-electron chi connectivity index (χ4n) is 2.74. The molecule has 0 bridgehead atoms. The SMILES string of the molecule is CCNC(=NCC(CC)CC)NC1CCOc2ccccc21. The van der Waals surface area contributed by atoms with Crippen molar-refractivity contribution in [2.45, 2.75) is 46.1 Å². The van der Waals surface area contributed by atoms with Gasteiger partial charge in [0.1, 0.15) is 5.75 Å². The van der Waals surface area contributed by atoms with Crippen LogP contribution in [0.4, 0.5) is 0 Å². The molecule has 1 atom stereocenters. The van der Waals surface area contributed by atoms with Crippen LogP contribution < -0.4 is 15.4 Å². The Balaban J connectivity index is 2.06. The molecule has 0 amide bonds. The summed E-state index contributed by atoms with van der Waals surface area (Å²) in [7, 11) is 0. The van der Waals surface area contributed by atoms with E-state index in [2.05, 4.69) is 43.5 Å². The largest absolute Gasteiger partial charge is 0.493 e. The van der Waals surface area contributed by atoms with Gasteiger partial charge in [0.15, 0.2) is 5.96 Å². The van der Waals surface area contributed by atoms with Crippen LogP contribution >= 0.6 is 0 Å². The monoisotopic (exact) mass is 303 g/mol. The van der Waals surface area contributed by atoms with E-state index in [0.717, 1.165) is 37.8 Å². The first kappa shape index (κ1) is 16.7. The number of hydrogen-bond acceptors (Lipinski definition) is 2. The second-order valence-corrected chi connectivity index (χ2v) is 5.77. The smallest absolute Gasteiger partial charge is 0.191 e. The van der Waals surface area contributed by atoms with Gasteiger partial charge in [-0.3, -0.25) is 4.99 Å². The average Bonchev–Trinajstić information content (AvgIpc) is 2.56. The summed E-state index contributed by atoms with van der Waals surface area (Å²) in [4.78, 5) is 4.78. The first-order valence-corrected chi connectivity index (χ1v) is 8.55. The zero-order chi connectivity index (χ0) is 15.8. The van der Waals surface area contributed by atoms with E-state index in [4.69, 9.17) is 9.73 Å². The number of benzene rings is 1. The third-order valence-electron chi connectivity index (χ3n) is 4.28. The van der Waals surface area contributed by atoms with Gasteiger partial charge in [-0.05, 0) is 18.9 Å². The molecular formula is C18H29N3O. The van der Waals surface area contributed by atoms with Crippen molar-refractivity contribution in [3.8, 4) is 5.75 Å². The Morgan fingerprint density at radius 3 is 2.77 bits per heavy atom. The van der Waals surface area contributed by atoms with E-state index in [-0.39, 0.29) is 6.04 Å². The van der Waals surface area contributed by atoms with Gasteiger partial charge in [-0.2, -0.15) is 0 Å². The number of rotatable bonds is 6. The van der Waals surface area contributed by atoms with E-state index in [1.54, 1.807) is 0 Å². The molecule has 2 rings (SSSR count). The van der Waals surface area contributed by atoms with Crippen LogP contribution in [0.5, 0.6) is 5.75 Å². The van der Waals surface area contributed by atoms with Gasteiger partial charge in [0.2, 0.25) is 0 Å². The van der Waals surface area contributed by atoms with Crippen molar-refractivity contribution >= 4 is 5.96 Å². The molecule has 122 valence electrons. The molecule has 0 radical (unpaired) electrons. The Kier molecular flexibility index (Phi) is 6.56. The summed E-state index contributed by atoms with van der Waals surface area (Å²) in [6.45, 7) is 9.08. The number of aliphatic imine (C=N–C) groups is 1. The van der Waals surface area contributed by atoms with Gasteiger partial charge in [0.25, 0.3) is 0 Å². The maximum atomic E-state index is 5.73. The van der Waals surface area contributed by atoms with Crippen LogP contribution in [0, 0.1) is 5.92 Å². The predicted molar refractivity (Wildman–Crippen MR) is 92.5 cm³/mol. The van der Waals surface area contributed by atoms with E-state index < -0.39 is 0 Å². The van der Waals surface area contributed by atoms with Gasteiger partial charge in [-0.1, -0.05) is 44.9 Å². The lowest BCUT2D eigenvalue weighted by Gasteiger charge is -2.28. The van der Waals surface area contributed by atoms with Crippen LogP contribution in [0.1, 0.15) is 51.6 Å². The molecule has 4 nitrogen and oxygen atoms in total. The highest BCUT2D eigenvalue weighted by atomic mass is 16.5. The van der Waals surface area contributed by atoms with Crippen LogP contribution in [0.3, 0.4) is 0 Å². The van der Waals surface area contributed by atoms with Gasteiger partial charge in [-0.15, -0.1) is 0 Å². The molecule has 1 unspecified atom stereocenters. The van der Waals surface area contributed by atoms with Crippen LogP contribution in [0.15, 0.2) is 29.3 Å². The quantitative estimate of drug-likeness (QED) is 0.624. The Labute approximate surface area is 134 Å². The number of guanidine groups is 1. The van der Waals surface area contributed by atoms with E-state index in [1.807, 2.05) is 12.1 Å². The summed E-state index contributed by atoms with van der Waals surface area (Å²) in [6.07, 6.45) is 3.32. The molecule has 0 saturated carbocycles. The topological polar surface area (TPSA) is 45.7 Å². The second-order valence-electron chi connectivity index (χ2n) is 5.77. The third-order valence-corrected chi connectivity index (χ3v) is 4.28. The Morgan fingerprint density at radius 1 is 1.27 bits per heavy atom. The van der Waals surface area contributed by atoms with E-state index in [0.29, 0.717) is 5.92 Å². The van der Waals surface area contributed by atoms with Crippen LogP contribution in [0.2, 0.25) is 0 Å². The van der Waals surface area contributed by atoms with Crippen LogP contribution in [-0.2, 0) is 0 Å². The van der Waals surface area contributed by atoms with Crippen LogP contribution in [-0.4, -0.2) is 25.7 Å². The number of ether oxygens (including phenoxy) is 1. The van der Waals surface area contributed by atoms with E-state index in [9.17, 15) is 0 Å². The molecule has 1 aliphatic rings. The van der Waals surface area contributed by atoms with Gasteiger partial charge in [0.05, 0.1) is 12.6 Å². The molecule has 0 aliphatic carbocycles. The molecule has 0 aromatic heterocycles. The summed E-state index contributed by atoms with van der Waals surface area (Å²) in [5.74, 6) is 2.57. The highest BCUT2D eigenvalue weighted by Crippen LogP contribution is 2.31. The number of hydrogen-bond donors (Lipinski definition) is 2. The maximum absolute atomic E-state index is 5.73. The second kappa shape index (κ2) is 8.66. The maximum Gasteiger partial charge on any atom is 0.191 e. The molecule has 1 aromatic carbocycles. The van der Waals surface area contributed by atoms with Crippen LogP contribution in [0.25, 0.3) is 0 Å². The summed E-state index contributed by atoms with van der Waals surface area (Å²) < 4.78 is 5.73. The molecular weight excluding hydrogens is 274 g/mol. The Hall–Kier alpha value is -1.71. The summed E-state index contributed by atoms with van der Waals surface area (Å²) >= 11 is 0. The minimum absolute atomic E-state index is 0.268. The lowest BCUT2D eigenvalue weighted by molar-refractivity contribution is 0.261. The minimum atomic E-state index is 0.268. The van der Waals surface area contributed by atoms with Gasteiger partial charge in [0, 0.05) is 25.1 Å². The lowest BCUT2D eigenvalue weighted by atomic mass is 10.0. The predicted octanol–water partition coefficient (Wildman–Crippen LogP) is 3.50. The number of nitrogens with one attached hydrogen (secondary N) is 2. The molecule has 1 aromatic rings. The molecule has 0 fully saturated rings. The summed E-state index contributed by atoms with van der Waals surface area (Å²) in [5, 5.41) is 6.94. The Bertz CT molecular complexity index is 483. The molecule has 1 aliphatic heterocycles. The minimum Gasteiger partial charge on any atom is -0.493 e.